The van der Waals surface area contributed by atoms with Crippen molar-refractivity contribution in [2.45, 2.75) is 117 Å². The van der Waals surface area contributed by atoms with Crippen LogP contribution in [0.2, 0.25) is 0 Å². The van der Waals surface area contributed by atoms with E-state index in [1.54, 1.807) is 6.08 Å². The average Bonchev–Trinajstić information content (AvgIpc) is 2.70. The summed E-state index contributed by atoms with van der Waals surface area (Å²) in [5.74, 6) is 0. The monoisotopic (exact) mass is 591 g/mol. The number of rotatable bonds is 7. The van der Waals surface area contributed by atoms with Crippen LogP contribution in [0, 0.1) is 6.58 Å². The summed E-state index contributed by atoms with van der Waals surface area (Å²) >= 11 is 1.82. The molecule has 0 fully saturated rings. The molecule has 0 aliphatic heterocycles. The van der Waals surface area contributed by atoms with E-state index in [4.69, 9.17) is 11.4 Å². The van der Waals surface area contributed by atoms with Gasteiger partial charge in [-0.3, -0.25) is 13.4 Å². The molecule has 5 heteroatoms. The number of carbonyl (C=O) groups excluding carboxylic acids is 1. The predicted octanol–water partition coefficient (Wildman–Crippen LogP) is 9.40. The first-order valence-corrected chi connectivity index (χ1v) is 17.3. The van der Waals surface area contributed by atoms with Crippen molar-refractivity contribution in [1.82, 2.24) is 0 Å². The Morgan fingerprint density at radius 1 is 0.625 bits per heavy atom. The van der Waals surface area contributed by atoms with Gasteiger partial charge < -0.3 is 4.79 Å². The Labute approximate surface area is 219 Å². The third-order valence-corrected chi connectivity index (χ3v) is 13.0. The molecule has 1 aromatic rings. The van der Waals surface area contributed by atoms with Crippen LogP contribution in [0.1, 0.15) is 88.6 Å². The minimum absolute atomic E-state index is 0.0957. The van der Waals surface area contributed by atoms with Crippen LogP contribution in [0.25, 0.3) is 6.08 Å². The zero-order valence-corrected chi connectivity index (χ0v) is 27.2. The summed E-state index contributed by atoms with van der Waals surface area (Å²) in [6.07, 6.45) is 1.58. The molecule has 0 spiro atoms. The van der Waals surface area contributed by atoms with Crippen LogP contribution in [-0.2, 0) is 22.1 Å². The minimum atomic E-state index is -0.0957. The van der Waals surface area contributed by atoms with Gasteiger partial charge in [-0.05, 0) is 83.1 Å². The SMILES string of the molecule is CC(C)[PH+](C(C)C)C(C)C.CC(C)[PH+](C(C)C)C(C)C.[CH-]=Cc1ccccc1.[CH-]=O.[Cl][Ru+2]. The fourth-order valence-electron chi connectivity index (χ4n) is 4.56. The Hall–Kier alpha value is 0.403. The molecule has 0 aliphatic rings. The van der Waals surface area contributed by atoms with Gasteiger partial charge in [0.2, 0.25) is 0 Å². The average molecular weight is 591 g/mol. The molecule has 0 aliphatic carbocycles. The Balaban J connectivity index is -0.000000171. The van der Waals surface area contributed by atoms with Gasteiger partial charge >= 0.3 is 27.0 Å². The first-order chi connectivity index (χ1) is 14.9. The van der Waals surface area contributed by atoms with Crippen molar-refractivity contribution >= 4 is 38.4 Å². The Bertz CT molecular complexity index is 444. The van der Waals surface area contributed by atoms with E-state index in [0.29, 0.717) is 0 Å². The molecule has 1 rings (SSSR count). The van der Waals surface area contributed by atoms with E-state index >= 15 is 0 Å². The molecule has 0 unspecified atom stereocenters. The normalized spacial score (nSPS) is 10.3. The maximum atomic E-state index is 7.75. The Morgan fingerprint density at radius 2 is 0.844 bits per heavy atom. The predicted molar refractivity (Wildman–Crippen MR) is 155 cm³/mol. The third-order valence-electron chi connectivity index (χ3n) is 4.99. The molecule has 0 N–H and O–H groups in total. The van der Waals surface area contributed by atoms with Crippen molar-refractivity contribution in [3.8, 4) is 0 Å². The van der Waals surface area contributed by atoms with Crippen LogP contribution in [-0.4, -0.2) is 40.7 Å². The van der Waals surface area contributed by atoms with Gasteiger partial charge in [-0.15, -0.1) is 12.1 Å². The molecule has 0 saturated heterocycles. The summed E-state index contributed by atoms with van der Waals surface area (Å²) in [6, 6.07) is 9.80. The fourth-order valence-corrected chi connectivity index (χ4v) is 12.6. The third kappa shape index (κ3) is 22.2. The number of hydrogen-bond donors (Lipinski definition) is 0. The van der Waals surface area contributed by atoms with E-state index in [1.807, 2.05) is 47.6 Å². The number of halogens is 1. The van der Waals surface area contributed by atoms with Crippen molar-refractivity contribution in [3.05, 3.63) is 42.5 Å². The van der Waals surface area contributed by atoms with Crippen LogP contribution >= 0.6 is 25.5 Å². The van der Waals surface area contributed by atoms with Gasteiger partial charge in [-0.25, -0.2) is 6.08 Å². The summed E-state index contributed by atoms with van der Waals surface area (Å²) in [5, 5.41) is 0. The maximum absolute atomic E-state index is 7.75. The number of benzene rings is 1. The summed E-state index contributed by atoms with van der Waals surface area (Å²) in [6.45, 7) is 36.9. The molecular formula is C27H52ClOP2Ru+2. The van der Waals surface area contributed by atoms with Crippen molar-refractivity contribution in [1.29, 1.82) is 0 Å². The zero-order chi connectivity index (χ0) is 26.4. The van der Waals surface area contributed by atoms with Gasteiger partial charge in [0.15, 0.2) is 0 Å². The van der Waals surface area contributed by atoms with Crippen LogP contribution < -0.4 is 0 Å². The van der Waals surface area contributed by atoms with E-state index in [0.717, 1.165) is 39.5 Å². The van der Waals surface area contributed by atoms with E-state index in [2.05, 4.69) is 99.6 Å². The van der Waals surface area contributed by atoms with E-state index in [1.165, 1.54) is 0 Å². The van der Waals surface area contributed by atoms with Crippen LogP contribution in [0.4, 0.5) is 0 Å². The van der Waals surface area contributed by atoms with Crippen LogP contribution in [0.5, 0.6) is 0 Å². The molecule has 1 nitrogen and oxygen atoms in total. The summed E-state index contributed by atoms with van der Waals surface area (Å²) in [5.41, 5.74) is 6.67. The molecule has 1 aromatic carbocycles. The first kappa shape index (κ1) is 39.6. The topological polar surface area (TPSA) is 17.1 Å². The van der Waals surface area contributed by atoms with Gasteiger partial charge in [0.1, 0.15) is 0 Å². The standard InChI is InChI=1S/2C9H21P.C8H7.CHO.ClH.Ru/c2*1-7(2)10(8(3)4)9(5)6;1-2-8-6-4-3-5-7-8;1-2;;/h2*7-9H,1-6H3;1-7H;1H;1H;/q;;2*-1;;+3/p+1. The van der Waals surface area contributed by atoms with Gasteiger partial charge in [0.05, 0.1) is 34.0 Å². The first-order valence-electron chi connectivity index (χ1n) is 11.6. The van der Waals surface area contributed by atoms with Crippen molar-refractivity contribution in [2.75, 3.05) is 0 Å². The molecule has 189 valence electrons. The quantitative estimate of drug-likeness (QED) is 0.134. The number of hydrogen-bond acceptors (Lipinski definition) is 1. The van der Waals surface area contributed by atoms with Crippen molar-refractivity contribution in [2.24, 2.45) is 0 Å². The van der Waals surface area contributed by atoms with Gasteiger partial charge in [-0.2, -0.15) is 5.56 Å². The molecule has 0 saturated carbocycles. The fraction of sp³-hybridized carbons (Fsp3) is 0.667. The molecule has 0 heterocycles. The van der Waals surface area contributed by atoms with Crippen molar-refractivity contribution in [3.63, 3.8) is 0 Å². The molecule has 0 aromatic heterocycles. The van der Waals surface area contributed by atoms with Gasteiger partial charge in [0, 0.05) is 15.8 Å². The van der Waals surface area contributed by atoms with Gasteiger partial charge in [-0.1, -0.05) is 18.2 Å². The Kier molecular flexibility index (Phi) is 32.2. The zero-order valence-electron chi connectivity index (χ0n) is 22.7. The molecule has 0 radical (unpaired) electrons. The molecule has 0 bridgehead atoms. The molecular weight excluding hydrogens is 539 g/mol. The van der Waals surface area contributed by atoms with E-state index in [-0.39, 0.29) is 15.8 Å². The van der Waals surface area contributed by atoms with Crippen LogP contribution in [0.3, 0.4) is 0 Å². The van der Waals surface area contributed by atoms with Crippen LogP contribution in [0.15, 0.2) is 30.3 Å². The molecule has 0 amide bonds. The molecule has 0 atom stereocenters. The van der Waals surface area contributed by atoms with Crippen molar-refractivity contribution < 1.29 is 22.1 Å². The molecule has 32 heavy (non-hydrogen) atoms. The van der Waals surface area contributed by atoms with Gasteiger partial charge in [0.25, 0.3) is 0 Å². The summed E-state index contributed by atoms with van der Waals surface area (Å²) in [4.78, 5) is 7.75. The van der Waals surface area contributed by atoms with E-state index in [9.17, 15) is 0 Å². The summed E-state index contributed by atoms with van der Waals surface area (Å²) < 4.78 is 0. The Morgan fingerprint density at radius 3 is 0.938 bits per heavy atom. The van der Waals surface area contributed by atoms with E-state index < -0.39 is 0 Å². The second kappa shape index (κ2) is 26.0. The second-order valence-corrected chi connectivity index (χ2v) is 18.4. The summed E-state index contributed by atoms with van der Waals surface area (Å²) in [7, 11) is 4.38. The second-order valence-electron chi connectivity index (χ2n) is 9.51.